The van der Waals surface area contributed by atoms with Crippen molar-refractivity contribution in [2.75, 3.05) is 27.8 Å². The lowest BCUT2D eigenvalue weighted by atomic mass is 10.1. The molecule has 15 heavy (non-hydrogen) atoms. The van der Waals surface area contributed by atoms with E-state index in [0.29, 0.717) is 5.02 Å². The summed E-state index contributed by atoms with van der Waals surface area (Å²) in [5, 5.41) is 9.96. The Morgan fingerprint density at radius 3 is 2.60 bits per heavy atom. The number of ether oxygens (including phenoxy) is 1. The molecule has 0 saturated heterocycles. The Hall–Kier alpha value is -0.770. The average Bonchev–Trinajstić information content (AvgIpc) is 2.18. The molecule has 1 atom stereocenters. The molecule has 0 amide bonds. The number of benzene rings is 1. The maximum Gasteiger partial charge on any atom is 0.123 e. The van der Waals surface area contributed by atoms with Crippen molar-refractivity contribution < 1.29 is 9.84 Å². The monoisotopic (exact) mass is 229 g/mol. The van der Waals surface area contributed by atoms with Crippen molar-refractivity contribution in [3.8, 4) is 5.75 Å². The zero-order valence-corrected chi connectivity index (χ0v) is 9.95. The highest BCUT2D eigenvalue weighted by atomic mass is 35.5. The van der Waals surface area contributed by atoms with Crippen LogP contribution in [0.2, 0.25) is 5.02 Å². The van der Waals surface area contributed by atoms with Gasteiger partial charge in [-0.25, -0.2) is 0 Å². The molecule has 1 aromatic carbocycles. The minimum Gasteiger partial charge on any atom is -0.496 e. The Balaban J connectivity index is 3.13. The highest BCUT2D eigenvalue weighted by Crippen LogP contribution is 2.30. The van der Waals surface area contributed by atoms with Crippen LogP contribution in [-0.2, 0) is 0 Å². The van der Waals surface area contributed by atoms with Crippen LogP contribution in [0.15, 0.2) is 18.2 Å². The molecule has 0 saturated carbocycles. The van der Waals surface area contributed by atoms with E-state index >= 15 is 0 Å². The van der Waals surface area contributed by atoms with Gasteiger partial charge in [-0.15, -0.1) is 0 Å². The van der Waals surface area contributed by atoms with Crippen LogP contribution in [0.1, 0.15) is 11.6 Å². The Kier molecular flexibility index (Phi) is 4.39. The van der Waals surface area contributed by atoms with Crippen molar-refractivity contribution in [2.24, 2.45) is 0 Å². The van der Waals surface area contributed by atoms with E-state index in [1.54, 1.807) is 13.2 Å². The number of likely N-dealkylation sites (N-methyl/N-ethyl adjacent to an activating group) is 1. The van der Waals surface area contributed by atoms with Gasteiger partial charge < -0.3 is 14.7 Å². The molecule has 0 heterocycles. The van der Waals surface area contributed by atoms with Crippen LogP contribution < -0.4 is 4.74 Å². The fourth-order valence-corrected chi connectivity index (χ4v) is 1.69. The molecule has 0 aromatic heterocycles. The summed E-state index contributed by atoms with van der Waals surface area (Å²) in [6.45, 7) is 0.0315. The molecule has 84 valence electrons. The second-order valence-corrected chi connectivity index (χ2v) is 3.98. The molecule has 0 aliphatic carbocycles. The molecule has 0 bridgehead atoms. The SMILES string of the molecule is COc1ccc(Cl)cc1C(CO)N(C)C. The third-order valence-electron chi connectivity index (χ3n) is 2.35. The molecule has 0 fully saturated rings. The maximum absolute atomic E-state index is 9.32. The second-order valence-electron chi connectivity index (χ2n) is 3.55. The van der Waals surface area contributed by atoms with E-state index in [2.05, 4.69) is 0 Å². The van der Waals surface area contributed by atoms with E-state index < -0.39 is 0 Å². The fourth-order valence-electron chi connectivity index (χ4n) is 1.51. The van der Waals surface area contributed by atoms with Gasteiger partial charge in [-0.3, -0.25) is 0 Å². The highest BCUT2D eigenvalue weighted by Gasteiger charge is 2.17. The van der Waals surface area contributed by atoms with E-state index in [0.717, 1.165) is 11.3 Å². The second kappa shape index (κ2) is 5.35. The molecule has 1 unspecified atom stereocenters. The number of halogens is 1. The Bertz CT molecular complexity index is 328. The predicted octanol–water partition coefficient (Wildman–Crippen LogP) is 1.94. The number of methoxy groups -OCH3 is 1. The van der Waals surface area contributed by atoms with E-state index in [4.69, 9.17) is 16.3 Å². The first-order valence-electron chi connectivity index (χ1n) is 4.71. The molecular formula is C11H16ClNO2. The third kappa shape index (κ3) is 2.84. The largest absolute Gasteiger partial charge is 0.496 e. The number of rotatable bonds is 4. The summed E-state index contributed by atoms with van der Waals surface area (Å²) in [4.78, 5) is 1.92. The average molecular weight is 230 g/mol. The number of aliphatic hydroxyl groups excluding tert-OH is 1. The molecule has 1 rings (SSSR count). The van der Waals surface area contributed by atoms with Gasteiger partial charge in [-0.05, 0) is 32.3 Å². The third-order valence-corrected chi connectivity index (χ3v) is 2.58. The first kappa shape index (κ1) is 12.3. The van der Waals surface area contributed by atoms with Gasteiger partial charge in [0.2, 0.25) is 0 Å². The van der Waals surface area contributed by atoms with E-state index in [-0.39, 0.29) is 12.6 Å². The van der Waals surface area contributed by atoms with Crippen LogP contribution in [0, 0.1) is 0 Å². The van der Waals surface area contributed by atoms with Gasteiger partial charge in [-0.1, -0.05) is 11.6 Å². The molecule has 3 nitrogen and oxygen atoms in total. The van der Waals surface area contributed by atoms with Crippen molar-refractivity contribution in [3.05, 3.63) is 28.8 Å². The molecule has 1 aromatic rings. The summed E-state index contributed by atoms with van der Waals surface area (Å²) in [5.74, 6) is 0.743. The van der Waals surface area contributed by atoms with Gasteiger partial charge in [0.1, 0.15) is 5.75 Å². The minimum absolute atomic E-state index is 0.0315. The zero-order chi connectivity index (χ0) is 11.4. The molecule has 0 aliphatic heterocycles. The molecular weight excluding hydrogens is 214 g/mol. The smallest absolute Gasteiger partial charge is 0.123 e. The fraction of sp³-hybridized carbons (Fsp3) is 0.455. The van der Waals surface area contributed by atoms with Crippen LogP contribution in [0.4, 0.5) is 0 Å². The van der Waals surface area contributed by atoms with Crippen LogP contribution in [0.5, 0.6) is 5.75 Å². The van der Waals surface area contributed by atoms with Crippen molar-refractivity contribution in [1.82, 2.24) is 4.90 Å². The van der Waals surface area contributed by atoms with E-state index in [1.165, 1.54) is 0 Å². The Morgan fingerprint density at radius 1 is 1.47 bits per heavy atom. The number of aliphatic hydroxyl groups is 1. The van der Waals surface area contributed by atoms with Crippen molar-refractivity contribution in [1.29, 1.82) is 0 Å². The molecule has 0 radical (unpaired) electrons. The van der Waals surface area contributed by atoms with Gasteiger partial charge >= 0.3 is 0 Å². The first-order valence-corrected chi connectivity index (χ1v) is 5.08. The van der Waals surface area contributed by atoms with Gasteiger partial charge in [-0.2, -0.15) is 0 Å². The topological polar surface area (TPSA) is 32.7 Å². The minimum atomic E-state index is -0.0985. The summed E-state index contributed by atoms with van der Waals surface area (Å²) in [7, 11) is 5.42. The highest BCUT2D eigenvalue weighted by molar-refractivity contribution is 6.30. The maximum atomic E-state index is 9.32. The normalized spacial score (nSPS) is 12.9. The van der Waals surface area contributed by atoms with E-state index in [9.17, 15) is 5.11 Å². The summed E-state index contributed by atoms with van der Waals surface area (Å²) < 4.78 is 5.24. The Morgan fingerprint density at radius 2 is 2.13 bits per heavy atom. The summed E-state index contributed by atoms with van der Waals surface area (Å²) >= 11 is 5.92. The lowest BCUT2D eigenvalue weighted by Gasteiger charge is -2.24. The molecule has 4 heteroatoms. The summed E-state index contributed by atoms with van der Waals surface area (Å²) in [6.07, 6.45) is 0. The van der Waals surface area contributed by atoms with Crippen LogP contribution in [0.25, 0.3) is 0 Å². The number of nitrogens with zero attached hydrogens (tertiary/aromatic N) is 1. The molecule has 0 aliphatic rings. The lowest BCUT2D eigenvalue weighted by Crippen LogP contribution is -2.23. The Labute approximate surface area is 95.2 Å². The number of hydrogen-bond acceptors (Lipinski definition) is 3. The number of hydrogen-bond donors (Lipinski definition) is 1. The molecule has 1 N–H and O–H groups in total. The summed E-state index contributed by atoms with van der Waals surface area (Å²) in [6, 6.07) is 5.30. The predicted molar refractivity (Wildman–Crippen MR) is 61.5 cm³/mol. The lowest BCUT2D eigenvalue weighted by molar-refractivity contribution is 0.168. The van der Waals surface area contributed by atoms with Gasteiger partial charge in [0, 0.05) is 10.6 Å². The summed E-state index contributed by atoms with van der Waals surface area (Å²) in [5.41, 5.74) is 0.900. The first-order chi connectivity index (χ1) is 7.10. The zero-order valence-electron chi connectivity index (χ0n) is 9.20. The van der Waals surface area contributed by atoms with E-state index in [1.807, 2.05) is 31.1 Å². The van der Waals surface area contributed by atoms with Gasteiger partial charge in [0.25, 0.3) is 0 Å². The quantitative estimate of drug-likeness (QED) is 0.857. The van der Waals surface area contributed by atoms with Gasteiger partial charge in [0.15, 0.2) is 0 Å². The van der Waals surface area contributed by atoms with Crippen molar-refractivity contribution >= 4 is 11.6 Å². The van der Waals surface area contributed by atoms with Crippen LogP contribution in [-0.4, -0.2) is 37.8 Å². The standard InChI is InChI=1S/C11H16ClNO2/c1-13(2)10(7-14)9-6-8(12)4-5-11(9)15-3/h4-6,10,14H,7H2,1-3H3. The van der Waals surface area contributed by atoms with Crippen molar-refractivity contribution in [2.45, 2.75) is 6.04 Å². The van der Waals surface area contributed by atoms with Gasteiger partial charge in [0.05, 0.1) is 19.8 Å². The van der Waals surface area contributed by atoms with Crippen LogP contribution in [0.3, 0.4) is 0 Å². The molecule has 0 spiro atoms. The van der Waals surface area contributed by atoms with Crippen LogP contribution >= 0.6 is 11.6 Å². The van der Waals surface area contributed by atoms with Crippen molar-refractivity contribution in [3.63, 3.8) is 0 Å².